The number of rotatable bonds is 5. The third kappa shape index (κ3) is 3.83. The highest BCUT2D eigenvalue weighted by Gasteiger charge is 2.03. The quantitative estimate of drug-likeness (QED) is 0.724. The summed E-state index contributed by atoms with van der Waals surface area (Å²) in [6, 6.07) is 5.16. The van der Waals surface area contributed by atoms with Crippen molar-refractivity contribution in [2.24, 2.45) is 0 Å². The molecule has 5 heteroatoms. The van der Waals surface area contributed by atoms with E-state index < -0.39 is 0 Å². The van der Waals surface area contributed by atoms with Crippen LogP contribution in [0.25, 0.3) is 0 Å². The second-order valence-electron chi connectivity index (χ2n) is 2.79. The zero-order valence-corrected chi connectivity index (χ0v) is 8.45. The molecule has 0 saturated heterocycles. The summed E-state index contributed by atoms with van der Waals surface area (Å²) < 4.78 is 9.82. The van der Waals surface area contributed by atoms with Crippen LogP contribution in [-0.2, 0) is 16.1 Å². The first-order chi connectivity index (χ1) is 7.26. The van der Waals surface area contributed by atoms with Gasteiger partial charge in [-0.15, -0.1) is 0 Å². The largest absolute Gasteiger partial charge is 0.465 e. The van der Waals surface area contributed by atoms with Gasteiger partial charge in [0, 0.05) is 0 Å². The minimum Gasteiger partial charge on any atom is -0.465 e. The first-order valence-electron chi connectivity index (χ1n) is 4.61. The van der Waals surface area contributed by atoms with E-state index in [1.807, 2.05) is 6.07 Å². The topological polar surface area (TPSA) is 75.3 Å². The Morgan fingerprint density at radius 2 is 2.47 bits per heavy atom. The third-order valence-corrected chi connectivity index (χ3v) is 1.65. The van der Waals surface area contributed by atoms with E-state index in [2.05, 4.69) is 5.32 Å². The van der Waals surface area contributed by atoms with Crippen molar-refractivity contribution < 1.29 is 13.9 Å². The normalized spacial score (nSPS) is 9.60. The zero-order valence-electron chi connectivity index (χ0n) is 8.45. The van der Waals surface area contributed by atoms with E-state index in [0.717, 1.165) is 0 Å². The summed E-state index contributed by atoms with van der Waals surface area (Å²) in [4.78, 5) is 10.9. The Morgan fingerprint density at radius 1 is 1.67 bits per heavy atom. The number of hydrogen-bond donors (Lipinski definition) is 1. The van der Waals surface area contributed by atoms with Gasteiger partial charge in [0.15, 0.2) is 0 Å². The van der Waals surface area contributed by atoms with Crippen LogP contribution in [0.1, 0.15) is 18.4 Å². The van der Waals surface area contributed by atoms with Crippen molar-refractivity contribution in [2.45, 2.75) is 13.5 Å². The van der Waals surface area contributed by atoms with E-state index in [0.29, 0.717) is 18.9 Å². The lowest BCUT2D eigenvalue weighted by atomic mass is 10.4. The molecule has 0 aromatic carbocycles. The maximum absolute atomic E-state index is 10.9. The monoisotopic (exact) mass is 208 g/mol. The van der Waals surface area contributed by atoms with Gasteiger partial charge < -0.3 is 9.15 Å². The number of nitrogens with one attached hydrogen (secondary N) is 1. The Labute approximate surface area is 87.6 Å². The van der Waals surface area contributed by atoms with Crippen molar-refractivity contribution >= 4 is 5.97 Å². The molecule has 0 radical (unpaired) electrons. The van der Waals surface area contributed by atoms with Crippen LogP contribution in [0.2, 0.25) is 0 Å². The van der Waals surface area contributed by atoms with E-state index >= 15 is 0 Å². The van der Waals surface area contributed by atoms with E-state index in [-0.39, 0.29) is 18.3 Å². The molecule has 1 heterocycles. The van der Waals surface area contributed by atoms with Crippen molar-refractivity contribution in [2.75, 3.05) is 13.2 Å². The Hall–Kier alpha value is -1.80. The Bertz CT molecular complexity index is 365. The number of carbonyl (C=O) groups is 1. The lowest BCUT2D eigenvalue weighted by Gasteiger charge is -2.02. The second-order valence-corrected chi connectivity index (χ2v) is 2.79. The van der Waals surface area contributed by atoms with E-state index in [1.54, 1.807) is 19.1 Å². The average molecular weight is 208 g/mol. The predicted octanol–water partition coefficient (Wildman–Crippen LogP) is 0.804. The highest BCUT2D eigenvalue weighted by Crippen LogP contribution is 2.05. The van der Waals surface area contributed by atoms with Crippen molar-refractivity contribution in [1.82, 2.24) is 5.32 Å². The molecule has 80 valence electrons. The van der Waals surface area contributed by atoms with Crippen LogP contribution < -0.4 is 5.32 Å². The molecule has 0 atom stereocenters. The van der Waals surface area contributed by atoms with Crippen molar-refractivity contribution in [3.63, 3.8) is 0 Å². The number of esters is 1. The van der Waals surface area contributed by atoms with Gasteiger partial charge in [0.05, 0.1) is 19.7 Å². The van der Waals surface area contributed by atoms with Gasteiger partial charge in [-0.1, -0.05) is 0 Å². The predicted molar refractivity (Wildman–Crippen MR) is 51.8 cm³/mol. The highest BCUT2D eigenvalue weighted by molar-refractivity contribution is 5.71. The maximum atomic E-state index is 10.9. The molecule has 0 amide bonds. The van der Waals surface area contributed by atoms with Crippen LogP contribution in [0.15, 0.2) is 16.5 Å². The first kappa shape index (κ1) is 11.3. The smallest absolute Gasteiger partial charge is 0.319 e. The Morgan fingerprint density at radius 3 is 3.07 bits per heavy atom. The molecule has 1 N–H and O–H groups in total. The number of furan rings is 1. The molecule has 1 aromatic rings. The SMILES string of the molecule is CCOC(=O)CNCc1ccc(C#N)o1. The van der Waals surface area contributed by atoms with Crippen LogP contribution in [0.5, 0.6) is 0 Å². The van der Waals surface area contributed by atoms with Crippen LogP contribution in [-0.4, -0.2) is 19.1 Å². The summed E-state index contributed by atoms with van der Waals surface area (Å²) in [5, 5.41) is 11.3. The minimum atomic E-state index is -0.301. The Kier molecular flexibility index (Phi) is 4.38. The summed E-state index contributed by atoms with van der Waals surface area (Å²) in [5.41, 5.74) is 0. The standard InChI is InChI=1S/C10H12N2O3/c1-2-14-10(13)7-12-6-9-4-3-8(5-11)15-9/h3-4,12H,2,6-7H2,1H3. The summed E-state index contributed by atoms with van der Waals surface area (Å²) in [6.45, 7) is 2.67. The molecule has 0 spiro atoms. The number of hydrogen-bond acceptors (Lipinski definition) is 5. The fourth-order valence-electron chi connectivity index (χ4n) is 1.03. The molecule has 0 aliphatic carbocycles. The zero-order chi connectivity index (χ0) is 11.1. The molecule has 0 bridgehead atoms. The maximum Gasteiger partial charge on any atom is 0.319 e. The lowest BCUT2D eigenvalue weighted by molar-refractivity contribution is -0.142. The lowest BCUT2D eigenvalue weighted by Crippen LogP contribution is -2.24. The molecular weight excluding hydrogens is 196 g/mol. The van der Waals surface area contributed by atoms with Gasteiger partial charge in [-0.2, -0.15) is 5.26 Å². The van der Waals surface area contributed by atoms with Gasteiger partial charge in [-0.3, -0.25) is 10.1 Å². The molecular formula is C10H12N2O3. The third-order valence-electron chi connectivity index (χ3n) is 1.65. The van der Waals surface area contributed by atoms with Crippen LogP contribution >= 0.6 is 0 Å². The molecule has 5 nitrogen and oxygen atoms in total. The molecule has 15 heavy (non-hydrogen) atoms. The van der Waals surface area contributed by atoms with Crippen LogP contribution in [0.3, 0.4) is 0 Å². The molecule has 1 aromatic heterocycles. The summed E-state index contributed by atoms with van der Waals surface area (Å²) in [7, 11) is 0. The highest BCUT2D eigenvalue weighted by atomic mass is 16.5. The fourth-order valence-corrected chi connectivity index (χ4v) is 1.03. The number of nitrogens with zero attached hydrogens (tertiary/aromatic N) is 1. The minimum absolute atomic E-state index is 0.135. The molecule has 0 saturated carbocycles. The van der Waals surface area contributed by atoms with Gasteiger partial charge in [0.2, 0.25) is 5.76 Å². The van der Waals surface area contributed by atoms with Crippen LogP contribution in [0.4, 0.5) is 0 Å². The molecule has 0 fully saturated rings. The van der Waals surface area contributed by atoms with Crippen molar-refractivity contribution in [3.05, 3.63) is 23.7 Å². The van der Waals surface area contributed by atoms with Gasteiger partial charge in [0.25, 0.3) is 0 Å². The van der Waals surface area contributed by atoms with Gasteiger partial charge in [0.1, 0.15) is 11.8 Å². The van der Waals surface area contributed by atoms with Gasteiger partial charge in [-0.25, -0.2) is 0 Å². The van der Waals surface area contributed by atoms with E-state index in [1.165, 1.54) is 0 Å². The number of carbonyl (C=O) groups excluding carboxylic acids is 1. The molecule has 0 unspecified atom stereocenters. The number of ether oxygens (including phenoxy) is 1. The van der Waals surface area contributed by atoms with E-state index in [4.69, 9.17) is 14.4 Å². The second kappa shape index (κ2) is 5.83. The summed E-state index contributed by atoms with van der Waals surface area (Å²) in [6.07, 6.45) is 0. The first-order valence-corrected chi connectivity index (χ1v) is 4.61. The molecule has 0 aliphatic heterocycles. The van der Waals surface area contributed by atoms with Crippen molar-refractivity contribution in [3.8, 4) is 6.07 Å². The fraction of sp³-hybridized carbons (Fsp3) is 0.400. The van der Waals surface area contributed by atoms with E-state index in [9.17, 15) is 4.79 Å². The summed E-state index contributed by atoms with van der Waals surface area (Å²) in [5.74, 6) is 0.586. The summed E-state index contributed by atoms with van der Waals surface area (Å²) >= 11 is 0. The molecule has 1 rings (SSSR count). The Balaban J connectivity index is 2.26. The molecule has 0 aliphatic rings. The van der Waals surface area contributed by atoms with Crippen molar-refractivity contribution in [1.29, 1.82) is 5.26 Å². The number of nitriles is 1. The van der Waals surface area contributed by atoms with Gasteiger partial charge in [-0.05, 0) is 19.1 Å². The average Bonchev–Trinajstić information content (AvgIpc) is 2.66. The van der Waals surface area contributed by atoms with Crippen LogP contribution in [0, 0.1) is 11.3 Å². The van der Waals surface area contributed by atoms with Gasteiger partial charge >= 0.3 is 5.97 Å².